The summed E-state index contributed by atoms with van der Waals surface area (Å²) in [6, 6.07) is 13.6. The van der Waals surface area contributed by atoms with Crippen molar-refractivity contribution in [1.82, 2.24) is 19.8 Å². The van der Waals surface area contributed by atoms with E-state index in [2.05, 4.69) is 32.1 Å². The second-order valence-corrected chi connectivity index (χ2v) is 12.6. The maximum Gasteiger partial charge on any atom is 0.326 e. The molecule has 1 atom stereocenters. The van der Waals surface area contributed by atoms with E-state index < -0.39 is 12.0 Å². The first-order valence-electron chi connectivity index (χ1n) is 15.7. The number of para-hydroxylation sites is 1. The maximum absolute atomic E-state index is 12.6. The quantitative estimate of drug-likeness (QED) is 0.157. The van der Waals surface area contributed by atoms with Crippen LogP contribution >= 0.6 is 22.9 Å². The van der Waals surface area contributed by atoms with Crippen LogP contribution < -0.4 is 14.8 Å². The number of aromatic nitrogens is 2. The van der Waals surface area contributed by atoms with Gasteiger partial charge in [0.05, 0.1) is 30.0 Å². The number of ether oxygens (including phenoxy) is 2. The average molecular weight is 663 g/mol. The Balaban J connectivity index is 1.36. The van der Waals surface area contributed by atoms with Crippen LogP contribution in [0.3, 0.4) is 0 Å². The first kappa shape index (κ1) is 30.5. The van der Waals surface area contributed by atoms with Crippen molar-refractivity contribution in [3.05, 3.63) is 77.3 Å². The van der Waals surface area contributed by atoms with E-state index in [9.17, 15) is 9.90 Å². The first-order chi connectivity index (χ1) is 22.8. The number of anilines is 1. The highest BCUT2D eigenvalue weighted by atomic mass is 35.5. The molecule has 0 aliphatic carbocycles. The van der Waals surface area contributed by atoms with Gasteiger partial charge in [0, 0.05) is 44.7 Å². The Morgan fingerprint density at radius 1 is 1.15 bits per heavy atom. The van der Waals surface area contributed by atoms with Gasteiger partial charge in [0.15, 0.2) is 0 Å². The number of benzene rings is 2. The molecule has 5 aromatic rings. The Morgan fingerprint density at radius 3 is 2.74 bits per heavy atom. The van der Waals surface area contributed by atoms with Gasteiger partial charge in [0.2, 0.25) is 0 Å². The highest BCUT2D eigenvalue weighted by molar-refractivity contribution is 7.22. The van der Waals surface area contributed by atoms with Crippen molar-refractivity contribution in [3.63, 3.8) is 0 Å². The highest BCUT2D eigenvalue weighted by Crippen LogP contribution is 2.49. The number of thiophene rings is 1. The van der Waals surface area contributed by atoms with Crippen LogP contribution in [-0.2, 0) is 11.2 Å². The number of fused-ring (bicyclic) bond motifs is 1. The van der Waals surface area contributed by atoms with Crippen LogP contribution in [0.15, 0.2) is 65.5 Å². The molecule has 1 aliphatic rings. The smallest absolute Gasteiger partial charge is 0.326 e. The van der Waals surface area contributed by atoms with E-state index in [1.807, 2.05) is 37.3 Å². The van der Waals surface area contributed by atoms with Crippen LogP contribution in [0.25, 0.3) is 32.0 Å². The van der Waals surface area contributed by atoms with Crippen LogP contribution in [0.2, 0.25) is 5.02 Å². The molecular formula is C34H36ClN5O5S. The predicted octanol–water partition coefficient (Wildman–Crippen LogP) is 6.32. The van der Waals surface area contributed by atoms with Gasteiger partial charge >= 0.3 is 5.97 Å². The first-order valence-corrected chi connectivity index (χ1v) is 16.2. The fourth-order valence-corrected chi connectivity index (χ4v) is 7.02. The van der Waals surface area contributed by atoms with Crippen molar-refractivity contribution >= 4 is 44.9 Å². The number of carboxylic acids is 1. The molecule has 0 amide bonds. The topological polar surface area (TPSA) is 113 Å². The lowest BCUT2D eigenvalue weighted by molar-refractivity contribution is -0.137. The minimum Gasteiger partial charge on any atom is -0.496 e. The largest absolute Gasteiger partial charge is 0.496 e. The predicted molar refractivity (Wildman–Crippen MR) is 181 cm³/mol. The molecule has 1 saturated heterocycles. The summed E-state index contributed by atoms with van der Waals surface area (Å²) in [5, 5.41) is 14.6. The standard InChI is InChI=1S/C34H36ClN5O5S/c1-21-23(10-11-26(30(21)35)45-18-16-40-14-12-39(2)13-15-40)28-29-32(36-20-37-33(29)46-31(28)27-9-6-17-44-27)38-24(34(41)42)19-22-7-4-5-8-25(22)43-3/h4-11,17,20,24H,12-16,18-19H2,1-3H3,(H,41,42)(H,36,37,38)/t24-/m0/s1/i3D. The summed E-state index contributed by atoms with van der Waals surface area (Å²) in [5.41, 5.74) is 3.09. The molecule has 46 heavy (non-hydrogen) atoms. The molecule has 2 aromatic carbocycles. The van der Waals surface area contributed by atoms with Gasteiger partial charge in [-0.25, -0.2) is 14.8 Å². The van der Waals surface area contributed by atoms with Crippen molar-refractivity contribution < 1.29 is 25.2 Å². The van der Waals surface area contributed by atoms with E-state index in [0.717, 1.165) is 54.3 Å². The molecule has 1 fully saturated rings. The lowest BCUT2D eigenvalue weighted by Gasteiger charge is -2.32. The normalized spacial score (nSPS) is 15.1. The molecule has 10 nitrogen and oxygen atoms in total. The van der Waals surface area contributed by atoms with Gasteiger partial charge in [-0.05, 0) is 54.9 Å². The van der Waals surface area contributed by atoms with Gasteiger partial charge in [-0.3, -0.25) is 4.90 Å². The molecule has 3 aromatic heterocycles. The van der Waals surface area contributed by atoms with E-state index in [-0.39, 0.29) is 13.5 Å². The van der Waals surface area contributed by atoms with Crippen molar-refractivity contribution in [1.29, 1.82) is 0 Å². The van der Waals surface area contributed by atoms with Crippen molar-refractivity contribution in [3.8, 4) is 33.3 Å². The van der Waals surface area contributed by atoms with E-state index in [1.165, 1.54) is 17.7 Å². The zero-order valence-electron chi connectivity index (χ0n) is 26.7. The summed E-state index contributed by atoms with van der Waals surface area (Å²) in [6.45, 7) is 7.40. The zero-order valence-corrected chi connectivity index (χ0v) is 27.2. The number of methoxy groups -OCH3 is 1. The molecule has 0 radical (unpaired) electrons. The second kappa shape index (κ2) is 14.1. The van der Waals surface area contributed by atoms with Crippen molar-refractivity contribution in [2.75, 3.05) is 58.8 Å². The zero-order chi connectivity index (χ0) is 32.9. The lowest BCUT2D eigenvalue weighted by atomic mass is 9.97. The van der Waals surface area contributed by atoms with Crippen LogP contribution in [-0.4, -0.2) is 90.3 Å². The van der Waals surface area contributed by atoms with E-state index in [4.69, 9.17) is 26.9 Å². The van der Waals surface area contributed by atoms with Crippen molar-refractivity contribution in [2.45, 2.75) is 19.4 Å². The molecule has 0 saturated carbocycles. The molecule has 2 N–H and O–H groups in total. The van der Waals surface area contributed by atoms with Gasteiger partial charge in [0.1, 0.15) is 46.9 Å². The number of nitrogens with zero attached hydrogens (tertiary/aromatic N) is 4. The second-order valence-electron chi connectivity index (χ2n) is 11.2. The monoisotopic (exact) mass is 662 g/mol. The summed E-state index contributed by atoms with van der Waals surface area (Å²) < 4.78 is 24.9. The molecule has 0 bridgehead atoms. The average Bonchev–Trinajstić information content (AvgIpc) is 3.74. The van der Waals surface area contributed by atoms with Gasteiger partial charge in [-0.15, -0.1) is 11.3 Å². The molecular weight excluding hydrogens is 626 g/mol. The number of carboxylic acid groups (broad SMARTS) is 1. The number of furan rings is 1. The van der Waals surface area contributed by atoms with Gasteiger partial charge in [-0.1, -0.05) is 35.9 Å². The summed E-state index contributed by atoms with van der Waals surface area (Å²) in [5.74, 6) is 1.03. The van der Waals surface area contributed by atoms with Crippen LogP contribution in [0.4, 0.5) is 5.82 Å². The Kier molecular flexibility index (Phi) is 9.34. The third kappa shape index (κ3) is 6.68. The Bertz CT molecular complexity index is 1840. The van der Waals surface area contributed by atoms with E-state index in [0.29, 0.717) is 50.5 Å². The molecule has 6 rings (SSSR count). The third-order valence-electron chi connectivity index (χ3n) is 8.28. The van der Waals surface area contributed by atoms with Gasteiger partial charge in [-0.2, -0.15) is 0 Å². The number of halogens is 1. The number of rotatable bonds is 12. The number of likely N-dealkylation sites (N-methyl/N-ethyl adjacent to an activating group) is 1. The number of hydrogen-bond acceptors (Lipinski definition) is 10. The Hall–Kier alpha value is -4.16. The summed E-state index contributed by atoms with van der Waals surface area (Å²) in [4.78, 5) is 27.9. The molecule has 240 valence electrons. The maximum atomic E-state index is 12.6. The third-order valence-corrected chi connectivity index (χ3v) is 9.86. The highest BCUT2D eigenvalue weighted by Gasteiger charge is 2.27. The van der Waals surface area contributed by atoms with Gasteiger partial charge < -0.3 is 29.2 Å². The molecule has 4 heterocycles. The molecule has 1 aliphatic heterocycles. The molecule has 0 unspecified atom stereocenters. The number of nitrogens with one attached hydrogen (secondary N) is 1. The number of aliphatic carboxylic acids is 1. The minimum absolute atomic E-state index is 0.104. The lowest BCUT2D eigenvalue weighted by Crippen LogP contribution is -2.45. The Morgan fingerprint density at radius 2 is 1.98 bits per heavy atom. The van der Waals surface area contributed by atoms with Crippen LogP contribution in [0.1, 0.15) is 12.5 Å². The number of piperazine rings is 1. The minimum atomic E-state index is -1.06. The molecule has 12 heteroatoms. The van der Waals surface area contributed by atoms with E-state index in [1.54, 1.807) is 24.5 Å². The fraction of sp³-hybridized carbons (Fsp3) is 0.324. The van der Waals surface area contributed by atoms with Crippen LogP contribution in [0.5, 0.6) is 11.5 Å². The van der Waals surface area contributed by atoms with Crippen molar-refractivity contribution in [2.24, 2.45) is 0 Å². The molecule has 0 spiro atoms. The summed E-state index contributed by atoms with van der Waals surface area (Å²) >= 11 is 8.40. The number of hydrogen-bond donors (Lipinski definition) is 2. The summed E-state index contributed by atoms with van der Waals surface area (Å²) in [7, 11) is 1.86. The summed E-state index contributed by atoms with van der Waals surface area (Å²) in [6.07, 6.45) is 3.14. The fourth-order valence-electron chi connectivity index (χ4n) is 5.68. The SMILES string of the molecule is [2H]COc1ccccc1C[C@H](Nc1ncnc2sc(-c3ccco3)c(-c3ccc(OCCN4CCN(C)CC4)c(Cl)c3C)c12)C(=O)O. The van der Waals surface area contributed by atoms with Crippen LogP contribution in [0, 0.1) is 6.92 Å². The number of carbonyl (C=O) groups is 1. The Labute approximate surface area is 277 Å². The van der Waals surface area contributed by atoms with E-state index >= 15 is 0 Å². The van der Waals surface area contributed by atoms with Gasteiger partial charge in [0.25, 0.3) is 0 Å².